The lowest BCUT2D eigenvalue weighted by Crippen LogP contribution is -1.92. The van der Waals surface area contributed by atoms with Gasteiger partial charge in [-0.25, -0.2) is 4.98 Å². The van der Waals surface area contributed by atoms with E-state index >= 15 is 0 Å². The van der Waals surface area contributed by atoms with Gasteiger partial charge in [0.2, 0.25) is 6.79 Å². The van der Waals surface area contributed by atoms with E-state index in [1.807, 2.05) is 48.7 Å². The maximum absolute atomic E-state index is 5.45. The first kappa shape index (κ1) is 13.2. The highest BCUT2D eigenvalue weighted by Crippen LogP contribution is 2.35. The first-order valence-electron chi connectivity index (χ1n) is 7.81. The van der Waals surface area contributed by atoms with E-state index < -0.39 is 0 Å². The summed E-state index contributed by atoms with van der Waals surface area (Å²) in [6, 6.07) is 20.4. The molecule has 1 aliphatic rings. The van der Waals surface area contributed by atoms with Crippen LogP contribution in [0.1, 0.15) is 0 Å². The van der Waals surface area contributed by atoms with Crippen molar-refractivity contribution in [1.82, 2.24) is 9.38 Å². The summed E-state index contributed by atoms with van der Waals surface area (Å²) in [7, 11) is 0. The van der Waals surface area contributed by atoms with E-state index in [-0.39, 0.29) is 6.79 Å². The summed E-state index contributed by atoms with van der Waals surface area (Å²) < 4.78 is 12.9. The summed E-state index contributed by atoms with van der Waals surface area (Å²) in [6.45, 7) is 0.282. The maximum atomic E-state index is 5.45. The molecule has 0 amide bonds. The molecule has 0 spiro atoms. The molecule has 4 nitrogen and oxygen atoms in total. The molecule has 2 aromatic carbocycles. The van der Waals surface area contributed by atoms with Crippen molar-refractivity contribution in [2.75, 3.05) is 6.79 Å². The van der Waals surface area contributed by atoms with Gasteiger partial charge in [-0.1, -0.05) is 30.3 Å². The summed E-state index contributed by atoms with van der Waals surface area (Å²) in [6.07, 6.45) is 4.15. The molecule has 0 radical (unpaired) electrons. The number of rotatable bonds is 2. The van der Waals surface area contributed by atoms with Crippen molar-refractivity contribution in [2.45, 2.75) is 0 Å². The van der Waals surface area contributed by atoms with Gasteiger partial charge in [0.05, 0.1) is 5.69 Å². The van der Waals surface area contributed by atoms with Gasteiger partial charge in [-0.05, 0) is 41.5 Å². The van der Waals surface area contributed by atoms with Crippen molar-refractivity contribution < 1.29 is 9.47 Å². The van der Waals surface area contributed by atoms with Crippen LogP contribution in [0.2, 0.25) is 0 Å². The molecule has 0 N–H and O–H groups in total. The van der Waals surface area contributed by atoms with E-state index in [1.54, 1.807) is 0 Å². The van der Waals surface area contributed by atoms with Crippen molar-refractivity contribution in [3.8, 4) is 33.9 Å². The summed E-state index contributed by atoms with van der Waals surface area (Å²) in [5.74, 6) is 1.56. The average molecular weight is 314 g/mol. The summed E-state index contributed by atoms with van der Waals surface area (Å²) in [4.78, 5) is 4.71. The molecule has 3 heterocycles. The van der Waals surface area contributed by atoms with E-state index in [1.165, 1.54) is 5.56 Å². The van der Waals surface area contributed by atoms with E-state index in [0.717, 1.165) is 34.0 Å². The second-order valence-electron chi connectivity index (χ2n) is 5.74. The highest BCUT2D eigenvalue weighted by molar-refractivity contribution is 5.69. The smallest absolute Gasteiger partial charge is 0.231 e. The molecule has 116 valence electrons. The Kier molecular flexibility index (Phi) is 2.82. The van der Waals surface area contributed by atoms with Crippen molar-refractivity contribution in [3.63, 3.8) is 0 Å². The Labute approximate surface area is 138 Å². The number of fused-ring (bicyclic) bond motifs is 2. The minimum Gasteiger partial charge on any atom is -0.454 e. The van der Waals surface area contributed by atoms with Crippen LogP contribution < -0.4 is 9.47 Å². The predicted octanol–water partition coefficient (Wildman–Crippen LogP) is 4.40. The molecule has 0 saturated carbocycles. The third-order valence-corrected chi connectivity index (χ3v) is 4.23. The van der Waals surface area contributed by atoms with Crippen LogP contribution in [0.3, 0.4) is 0 Å². The number of pyridine rings is 1. The number of nitrogens with zero attached hydrogens (tertiary/aromatic N) is 2. The van der Waals surface area contributed by atoms with Crippen LogP contribution in [0.15, 0.2) is 73.1 Å². The van der Waals surface area contributed by atoms with E-state index in [0.29, 0.717) is 0 Å². The highest BCUT2D eigenvalue weighted by atomic mass is 16.7. The number of hydrogen-bond donors (Lipinski definition) is 0. The number of hydrogen-bond acceptors (Lipinski definition) is 3. The Hall–Kier alpha value is -3.27. The molecule has 0 saturated heterocycles. The zero-order valence-electron chi connectivity index (χ0n) is 12.8. The number of aromatic nitrogens is 2. The van der Waals surface area contributed by atoms with Gasteiger partial charge in [0, 0.05) is 18.0 Å². The van der Waals surface area contributed by atoms with Gasteiger partial charge in [0.25, 0.3) is 0 Å². The zero-order valence-corrected chi connectivity index (χ0v) is 12.8. The van der Waals surface area contributed by atoms with Crippen LogP contribution in [-0.2, 0) is 0 Å². The average Bonchev–Trinajstić information content (AvgIpc) is 3.27. The van der Waals surface area contributed by atoms with Crippen LogP contribution in [0.5, 0.6) is 11.5 Å². The van der Waals surface area contributed by atoms with Crippen LogP contribution in [0.4, 0.5) is 0 Å². The van der Waals surface area contributed by atoms with Crippen LogP contribution in [0, 0.1) is 0 Å². The molecular formula is C20H14N2O2. The second kappa shape index (κ2) is 5.13. The third-order valence-electron chi connectivity index (χ3n) is 4.23. The Morgan fingerprint density at radius 1 is 0.750 bits per heavy atom. The summed E-state index contributed by atoms with van der Waals surface area (Å²) in [5.41, 5.74) is 5.21. The molecule has 2 aromatic heterocycles. The van der Waals surface area contributed by atoms with Crippen molar-refractivity contribution >= 4 is 5.65 Å². The zero-order chi connectivity index (χ0) is 15.9. The summed E-state index contributed by atoms with van der Waals surface area (Å²) in [5, 5.41) is 0. The minimum absolute atomic E-state index is 0.282. The molecule has 0 atom stereocenters. The standard InChI is InChI=1S/C20H14N2O2/c1-2-4-14(5-3-1)16-7-9-20-21-17(12-22(20)11-16)15-6-8-18-19(10-15)24-13-23-18/h1-12H,13H2. The lowest BCUT2D eigenvalue weighted by molar-refractivity contribution is 0.174. The lowest BCUT2D eigenvalue weighted by Gasteiger charge is -2.01. The maximum Gasteiger partial charge on any atom is 0.231 e. The first-order chi connectivity index (χ1) is 11.9. The van der Waals surface area contributed by atoms with Crippen molar-refractivity contribution in [1.29, 1.82) is 0 Å². The molecule has 4 heteroatoms. The number of benzene rings is 2. The van der Waals surface area contributed by atoms with Crippen molar-refractivity contribution in [2.24, 2.45) is 0 Å². The van der Waals surface area contributed by atoms with Gasteiger partial charge in [-0.2, -0.15) is 0 Å². The Morgan fingerprint density at radius 2 is 1.58 bits per heavy atom. The van der Waals surface area contributed by atoms with Crippen LogP contribution >= 0.6 is 0 Å². The fourth-order valence-corrected chi connectivity index (χ4v) is 2.99. The van der Waals surface area contributed by atoms with Crippen molar-refractivity contribution in [3.05, 3.63) is 73.1 Å². The lowest BCUT2D eigenvalue weighted by atomic mass is 10.1. The molecule has 1 aliphatic heterocycles. The monoisotopic (exact) mass is 314 g/mol. The number of ether oxygens (including phenoxy) is 2. The van der Waals surface area contributed by atoms with E-state index in [9.17, 15) is 0 Å². The fraction of sp³-hybridized carbons (Fsp3) is 0.0500. The molecule has 0 unspecified atom stereocenters. The minimum atomic E-state index is 0.282. The Bertz CT molecular complexity index is 1040. The first-order valence-corrected chi connectivity index (χ1v) is 7.81. The van der Waals surface area contributed by atoms with E-state index in [4.69, 9.17) is 14.5 Å². The van der Waals surface area contributed by atoms with Gasteiger partial charge in [-0.3, -0.25) is 0 Å². The molecule has 4 aromatic rings. The van der Waals surface area contributed by atoms with Gasteiger partial charge in [0.15, 0.2) is 11.5 Å². The number of imidazole rings is 1. The Balaban J connectivity index is 1.59. The summed E-state index contributed by atoms with van der Waals surface area (Å²) >= 11 is 0. The highest BCUT2D eigenvalue weighted by Gasteiger charge is 2.15. The topological polar surface area (TPSA) is 35.8 Å². The van der Waals surface area contributed by atoms with E-state index in [2.05, 4.69) is 28.8 Å². The quantitative estimate of drug-likeness (QED) is 0.550. The van der Waals surface area contributed by atoms with Gasteiger partial charge >= 0.3 is 0 Å². The Morgan fingerprint density at radius 3 is 2.50 bits per heavy atom. The third kappa shape index (κ3) is 2.12. The molecule has 0 bridgehead atoms. The largest absolute Gasteiger partial charge is 0.454 e. The predicted molar refractivity (Wildman–Crippen MR) is 92.2 cm³/mol. The van der Waals surface area contributed by atoms with Crippen LogP contribution in [0.25, 0.3) is 28.0 Å². The van der Waals surface area contributed by atoms with Gasteiger partial charge in [0.1, 0.15) is 5.65 Å². The van der Waals surface area contributed by atoms with Crippen LogP contribution in [-0.4, -0.2) is 16.2 Å². The molecule has 5 rings (SSSR count). The molecule has 0 fully saturated rings. The molecule has 24 heavy (non-hydrogen) atoms. The SMILES string of the molecule is c1ccc(-c2ccc3nc(-c4ccc5c(c4)OCO5)cn3c2)cc1. The second-order valence-corrected chi connectivity index (χ2v) is 5.74. The van der Waals surface area contributed by atoms with Gasteiger partial charge in [-0.15, -0.1) is 0 Å². The fourth-order valence-electron chi connectivity index (χ4n) is 2.99. The molecular weight excluding hydrogens is 300 g/mol. The normalized spacial score (nSPS) is 12.7. The van der Waals surface area contributed by atoms with Gasteiger partial charge < -0.3 is 13.9 Å². The molecule has 0 aliphatic carbocycles.